The van der Waals surface area contributed by atoms with Crippen molar-refractivity contribution in [2.24, 2.45) is 0 Å². The summed E-state index contributed by atoms with van der Waals surface area (Å²) in [5, 5.41) is 4.64. The van der Waals surface area contributed by atoms with Crippen molar-refractivity contribution in [3.05, 3.63) is 23.8 Å². The Morgan fingerprint density at radius 3 is 2.74 bits per heavy atom. The fourth-order valence-electron chi connectivity index (χ4n) is 1.41. The van der Waals surface area contributed by atoms with Crippen molar-refractivity contribution in [3.8, 4) is 5.75 Å². The van der Waals surface area contributed by atoms with Crippen LogP contribution in [0.15, 0.2) is 18.2 Å². The third-order valence-corrected chi connectivity index (χ3v) is 2.42. The van der Waals surface area contributed by atoms with Gasteiger partial charge in [0.15, 0.2) is 6.10 Å². The smallest absolute Gasteiger partial charge is 0.321 e. The van der Waals surface area contributed by atoms with Crippen molar-refractivity contribution in [2.45, 2.75) is 26.9 Å². The molecule has 0 bridgehead atoms. The molecule has 6 nitrogen and oxygen atoms in total. The van der Waals surface area contributed by atoms with Crippen molar-refractivity contribution in [1.82, 2.24) is 10.6 Å². The fraction of sp³-hybridized carbons (Fsp3) is 0.385. The van der Waals surface area contributed by atoms with Gasteiger partial charge >= 0.3 is 6.03 Å². The Bertz CT molecular complexity index is 474. The van der Waals surface area contributed by atoms with Crippen LogP contribution in [0, 0.1) is 6.92 Å². The summed E-state index contributed by atoms with van der Waals surface area (Å²) in [6, 6.07) is 4.76. The maximum Gasteiger partial charge on any atom is 0.321 e. The van der Waals surface area contributed by atoms with Crippen molar-refractivity contribution in [2.75, 3.05) is 12.3 Å². The van der Waals surface area contributed by atoms with Crippen LogP contribution in [0.2, 0.25) is 0 Å². The Balaban J connectivity index is 2.63. The van der Waals surface area contributed by atoms with Crippen LogP contribution >= 0.6 is 0 Å². The zero-order valence-corrected chi connectivity index (χ0v) is 11.3. The molecule has 0 fully saturated rings. The molecule has 104 valence electrons. The van der Waals surface area contributed by atoms with Crippen LogP contribution in [-0.4, -0.2) is 24.6 Å². The number of aryl methyl sites for hydroxylation is 1. The van der Waals surface area contributed by atoms with Gasteiger partial charge in [-0.25, -0.2) is 4.79 Å². The molecule has 0 spiro atoms. The summed E-state index contributed by atoms with van der Waals surface area (Å²) in [6.07, 6.45) is -0.813. The molecule has 0 aliphatic rings. The predicted octanol–water partition coefficient (Wildman–Crippen LogP) is 1.19. The van der Waals surface area contributed by atoms with Crippen LogP contribution in [0.4, 0.5) is 10.5 Å². The number of ether oxygens (including phenoxy) is 1. The van der Waals surface area contributed by atoms with E-state index < -0.39 is 18.0 Å². The Morgan fingerprint density at radius 2 is 2.11 bits per heavy atom. The largest absolute Gasteiger partial charge is 0.479 e. The molecule has 0 aromatic heterocycles. The first-order valence-corrected chi connectivity index (χ1v) is 6.05. The number of rotatable bonds is 4. The number of carbonyl (C=O) groups is 2. The summed E-state index contributed by atoms with van der Waals surface area (Å²) < 4.78 is 5.45. The van der Waals surface area contributed by atoms with E-state index >= 15 is 0 Å². The van der Waals surface area contributed by atoms with Crippen LogP contribution in [0.3, 0.4) is 0 Å². The lowest BCUT2D eigenvalue weighted by Crippen LogP contribution is -2.45. The average molecular weight is 265 g/mol. The maximum absolute atomic E-state index is 11.7. The zero-order valence-electron chi connectivity index (χ0n) is 11.3. The van der Waals surface area contributed by atoms with Crippen LogP contribution < -0.4 is 21.1 Å². The number of hydrogen-bond donors (Lipinski definition) is 3. The highest BCUT2D eigenvalue weighted by atomic mass is 16.5. The zero-order chi connectivity index (χ0) is 14.4. The van der Waals surface area contributed by atoms with Gasteiger partial charge in [-0.05, 0) is 38.5 Å². The minimum Gasteiger partial charge on any atom is -0.479 e. The number of nitrogens with one attached hydrogen (secondary N) is 2. The SMILES string of the molecule is CCNC(=O)NC(=O)C(C)Oc1cc(C)ccc1N. The van der Waals surface area contributed by atoms with E-state index in [1.165, 1.54) is 0 Å². The van der Waals surface area contributed by atoms with E-state index in [-0.39, 0.29) is 0 Å². The van der Waals surface area contributed by atoms with E-state index in [0.717, 1.165) is 5.56 Å². The van der Waals surface area contributed by atoms with Crippen molar-refractivity contribution < 1.29 is 14.3 Å². The number of carbonyl (C=O) groups excluding carboxylic acids is 2. The van der Waals surface area contributed by atoms with Crippen molar-refractivity contribution in [3.63, 3.8) is 0 Å². The average Bonchev–Trinajstić information content (AvgIpc) is 2.34. The van der Waals surface area contributed by atoms with E-state index in [0.29, 0.717) is 18.0 Å². The van der Waals surface area contributed by atoms with Crippen LogP contribution in [-0.2, 0) is 4.79 Å². The first-order chi connectivity index (χ1) is 8.93. The third kappa shape index (κ3) is 4.50. The number of benzene rings is 1. The highest BCUT2D eigenvalue weighted by Crippen LogP contribution is 2.23. The minimum absolute atomic E-state index is 0.429. The van der Waals surface area contributed by atoms with Gasteiger partial charge in [-0.3, -0.25) is 10.1 Å². The molecule has 1 atom stereocenters. The lowest BCUT2D eigenvalue weighted by molar-refractivity contribution is -0.126. The topological polar surface area (TPSA) is 93.5 Å². The first kappa shape index (κ1) is 14.8. The normalized spacial score (nSPS) is 11.5. The van der Waals surface area contributed by atoms with E-state index in [1.54, 1.807) is 26.0 Å². The molecule has 19 heavy (non-hydrogen) atoms. The van der Waals surface area contributed by atoms with Gasteiger partial charge in [-0.2, -0.15) is 0 Å². The number of imide groups is 1. The van der Waals surface area contributed by atoms with E-state index in [9.17, 15) is 9.59 Å². The molecule has 1 aromatic carbocycles. The second kappa shape index (κ2) is 6.63. The van der Waals surface area contributed by atoms with Crippen LogP contribution in [0.5, 0.6) is 5.75 Å². The Morgan fingerprint density at radius 1 is 1.42 bits per heavy atom. The van der Waals surface area contributed by atoms with Crippen molar-refractivity contribution >= 4 is 17.6 Å². The number of nitrogens with two attached hydrogens (primary N) is 1. The first-order valence-electron chi connectivity index (χ1n) is 6.05. The third-order valence-electron chi connectivity index (χ3n) is 2.42. The van der Waals surface area contributed by atoms with E-state index in [4.69, 9.17) is 10.5 Å². The molecule has 0 radical (unpaired) electrons. The molecule has 0 saturated heterocycles. The molecule has 1 rings (SSSR count). The Labute approximate surface area is 112 Å². The molecule has 1 unspecified atom stereocenters. The van der Waals surface area contributed by atoms with Gasteiger partial charge in [0.25, 0.3) is 5.91 Å². The van der Waals surface area contributed by atoms with Crippen LogP contribution in [0.25, 0.3) is 0 Å². The summed E-state index contributed by atoms with van der Waals surface area (Å²) in [4.78, 5) is 22.9. The number of amides is 3. The molecule has 0 aliphatic carbocycles. The Kier molecular flexibility index (Phi) is 5.17. The van der Waals surface area contributed by atoms with Crippen molar-refractivity contribution in [1.29, 1.82) is 0 Å². The molecular weight excluding hydrogens is 246 g/mol. The molecule has 4 N–H and O–H groups in total. The summed E-state index contributed by atoms with van der Waals surface area (Å²) >= 11 is 0. The molecular formula is C13H19N3O3. The Hall–Kier alpha value is -2.24. The number of urea groups is 1. The molecule has 0 heterocycles. The predicted molar refractivity (Wildman–Crippen MR) is 72.9 cm³/mol. The molecule has 6 heteroatoms. The summed E-state index contributed by atoms with van der Waals surface area (Å²) in [5.74, 6) is -0.0922. The van der Waals surface area contributed by atoms with E-state index in [1.807, 2.05) is 13.0 Å². The molecule has 0 saturated carbocycles. The number of nitrogen functional groups attached to an aromatic ring is 1. The standard InChI is InChI=1S/C13H19N3O3/c1-4-15-13(18)16-12(17)9(3)19-11-7-8(2)5-6-10(11)14/h5-7,9H,4,14H2,1-3H3,(H2,15,16,17,18). The highest BCUT2D eigenvalue weighted by Gasteiger charge is 2.18. The lowest BCUT2D eigenvalue weighted by atomic mass is 10.2. The maximum atomic E-state index is 11.7. The molecule has 0 aliphatic heterocycles. The molecule has 1 aromatic rings. The minimum atomic E-state index is -0.813. The summed E-state index contributed by atoms with van der Waals surface area (Å²) in [6.45, 7) is 5.65. The quantitative estimate of drug-likeness (QED) is 0.713. The number of hydrogen-bond acceptors (Lipinski definition) is 4. The van der Waals surface area contributed by atoms with E-state index in [2.05, 4.69) is 10.6 Å². The van der Waals surface area contributed by atoms with Gasteiger partial charge in [0, 0.05) is 6.54 Å². The van der Waals surface area contributed by atoms with Gasteiger partial charge in [0.2, 0.25) is 0 Å². The van der Waals surface area contributed by atoms with Gasteiger partial charge < -0.3 is 15.8 Å². The van der Waals surface area contributed by atoms with Gasteiger partial charge in [0.1, 0.15) is 5.75 Å². The van der Waals surface area contributed by atoms with Crippen LogP contribution in [0.1, 0.15) is 19.4 Å². The second-order valence-corrected chi connectivity index (χ2v) is 4.15. The monoisotopic (exact) mass is 265 g/mol. The summed E-state index contributed by atoms with van der Waals surface area (Å²) in [7, 11) is 0. The fourth-order valence-corrected chi connectivity index (χ4v) is 1.41. The summed E-state index contributed by atoms with van der Waals surface area (Å²) in [5.41, 5.74) is 7.17. The molecule has 3 amide bonds. The second-order valence-electron chi connectivity index (χ2n) is 4.15. The van der Waals surface area contributed by atoms with Gasteiger partial charge in [0.05, 0.1) is 5.69 Å². The van der Waals surface area contributed by atoms with Gasteiger partial charge in [-0.1, -0.05) is 6.07 Å². The van der Waals surface area contributed by atoms with Gasteiger partial charge in [-0.15, -0.1) is 0 Å². The number of anilines is 1. The highest BCUT2D eigenvalue weighted by molar-refractivity contribution is 5.96. The lowest BCUT2D eigenvalue weighted by Gasteiger charge is -2.16.